The summed E-state index contributed by atoms with van der Waals surface area (Å²) in [5, 5.41) is 1.96. The molecule has 10 nitrogen and oxygen atoms in total. The normalized spacial score (nSPS) is 11.9. The van der Waals surface area contributed by atoms with Crippen molar-refractivity contribution in [3.8, 4) is 11.5 Å². The molecule has 4 aromatic rings. The van der Waals surface area contributed by atoms with Gasteiger partial charge in [-0.25, -0.2) is 16.8 Å². The molecule has 0 unspecified atom stereocenters. The molecule has 16 heteroatoms. The molecular formula is C31H29ClF3N3O7S2. The predicted molar refractivity (Wildman–Crippen MR) is 172 cm³/mol. The third kappa shape index (κ3) is 8.28. The van der Waals surface area contributed by atoms with E-state index >= 15 is 0 Å². The van der Waals surface area contributed by atoms with E-state index in [1.807, 2.05) is 6.07 Å². The highest BCUT2D eigenvalue weighted by atomic mass is 35.5. The van der Waals surface area contributed by atoms with E-state index in [9.17, 15) is 34.8 Å². The summed E-state index contributed by atoms with van der Waals surface area (Å²) in [5.74, 6) is -0.274. The molecule has 250 valence electrons. The molecule has 47 heavy (non-hydrogen) atoms. The van der Waals surface area contributed by atoms with Gasteiger partial charge >= 0.3 is 6.18 Å². The van der Waals surface area contributed by atoms with Crippen LogP contribution < -0.4 is 23.8 Å². The number of sulfonamides is 2. The average molecular weight is 712 g/mol. The Kier molecular flexibility index (Phi) is 10.3. The first-order valence-corrected chi connectivity index (χ1v) is 16.9. The van der Waals surface area contributed by atoms with E-state index in [2.05, 4.69) is 10.0 Å². The Bertz CT molecular complexity index is 2000. The van der Waals surface area contributed by atoms with Gasteiger partial charge in [-0.2, -0.15) is 13.2 Å². The second-order valence-corrected chi connectivity index (χ2v) is 14.2. The molecule has 0 atom stereocenters. The van der Waals surface area contributed by atoms with Gasteiger partial charge in [0, 0.05) is 17.4 Å². The Morgan fingerprint density at radius 1 is 0.787 bits per heavy atom. The average Bonchev–Trinajstić information content (AvgIpc) is 2.99. The van der Waals surface area contributed by atoms with Gasteiger partial charge < -0.3 is 14.8 Å². The molecule has 0 spiro atoms. The van der Waals surface area contributed by atoms with Crippen molar-refractivity contribution >= 4 is 54.6 Å². The number of amides is 1. The van der Waals surface area contributed by atoms with Crippen molar-refractivity contribution in [3.05, 3.63) is 101 Å². The fourth-order valence-electron chi connectivity index (χ4n) is 4.58. The Morgan fingerprint density at radius 2 is 1.36 bits per heavy atom. The van der Waals surface area contributed by atoms with Gasteiger partial charge in [-0.1, -0.05) is 17.7 Å². The van der Waals surface area contributed by atoms with E-state index in [-0.39, 0.29) is 32.6 Å². The van der Waals surface area contributed by atoms with Gasteiger partial charge in [0.25, 0.3) is 20.0 Å². The van der Waals surface area contributed by atoms with Crippen LogP contribution in [0.4, 0.5) is 30.2 Å². The molecule has 0 saturated heterocycles. The summed E-state index contributed by atoms with van der Waals surface area (Å²) in [6.07, 6.45) is -4.80. The van der Waals surface area contributed by atoms with Gasteiger partial charge in [0.1, 0.15) is 6.54 Å². The monoisotopic (exact) mass is 711 g/mol. The molecule has 0 aromatic heterocycles. The fourth-order valence-corrected chi connectivity index (χ4v) is 7.28. The number of rotatable bonds is 11. The van der Waals surface area contributed by atoms with Crippen molar-refractivity contribution in [1.29, 1.82) is 0 Å². The summed E-state index contributed by atoms with van der Waals surface area (Å²) < 4.78 is 107. The molecular weight excluding hydrogens is 683 g/mol. The second-order valence-electron chi connectivity index (χ2n) is 10.2. The van der Waals surface area contributed by atoms with Gasteiger partial charge in [0.15, 0.2) is 11.5 Å². The van der Waals surface area contributed by atoms with Gasteiger partial charge in [-0.15, -0.1) is 0 Å². The highest BCUT2D eigenvalue weighted by Gasteiger charge is 2.34. The van der Waals surface area contributed by atoms with Crippen molar-refractivity contribution in [1.82, 2.24) is 0 Å². The number of hydrogen-bond donors (Lipinski definition) is 2. The van der Waals surface area contributed by atoms with Crippen LogP contribution in [0.5, 0.6) is 11.5 Å². The first-order chi connectivity index (χ1) is 21.9. The van der Waals surface area contributed by atoms with Crippen molar-refractivity contribution < 1.29 is 44.3 Å². The molecule has 0 aliphatic heterocycles. The molecule has 0 bridgehead atoms. The van der Waals surface area contributed by atoms with Crippen LogP contribution >= 0.6 is 11.6 Å². The molecule has 0 heterocycles. The second kappa shape index (κ2) is 13.7. The largest absolute Gasteiger partial charge is 0.493 e. The maximum absolute atomic E-state index is 13.9. The van der Waals surface area contributed by atoms with E-state index in [1.54, 1.807) is 26.0 Å². The maximum atomic E-state index is 13.9. The molecule has 2 N–H and O–H groups in total. The van der Waals surface area contributed by atoms with Crippen molar-refractivity contribution in [3.63, 3.8) is 0 Å². The quantitative estimate of drug-likeness (QED) is 0.179. The fraction of sp³-hybridized carbons (Fsp3) is 0.194. The summed E-state index contributed by atoms with van der Waals surface area (Å²) >= 11 is 5.61. The van der Waals surface area contributed by atoms with Gasteiger partial charge in [-0.3, -0.25) is 13.8 Å². The molecule has 0 aliphatic carbocycles. The lowest BCUT2D eigenvalue weighted by atomic mass is 10.1. The number of carbonyl (C=O) groups is 1. The van der Waals surface area contributed by atoms with Crippen LogP contribution in [0.3, 0.4) is 0 Å². The highest BCUT2D eigenvalue weighted by Crippen LogP contribution is 2.37. The van der Waals surface area contributed by atoms with Gasteiger partial charge in [-0.05, 0) is 91.7 Å². The number of benzene rings is 4. The Balaban J connectivity index is 1.58. The first kappa shape index (κ1) is 35.4. The number of anilines is 3. The van der Waals surface area contributed by atoms with E-state index in [0.29, 0.717) is 11.8 Å². The molecule has 4 rings (SSSR count). The molecule has 0 aliphatic rings. The minimum absolute atomic E-state index is 0.128. The van der Waals surface area contributed by atoms with Crippen molar-refractivity contribution in [2.24, 2.45) is 0 Å². The van der Waals surface area contributed by atoms with Crippen molar-refractivity contribution in [2.45, 2.75) is 29.8 Å². The number of hydrogen-bond acceptors (Lipinski definition) is 7. The minimum Gasteiger partial charge on any atom is -0.493 e. The SMILES string of the molecule is COc1ccc(S(=O)(=O)N(CC(=O)Nc2ccc(S(=O)(=O)Nc3ccc(Cl)c(C(F)(F)F)c3)cc2)c2cc(C)cc(C)c2)cc1OC. The molecule has 0 fully saturated rings. The third-order valence-electron chi connectivity index (χ3n) is 6.70. The number of alkyl halides is 3. The van der Waals surface area contributed by atoms with Crippen molar-refractivity contribution in [2.75, 3.05) is 35.1 Å². The number of nitrogens with one attached hydrogen (secondary N) is 2. The summed E-state index contributed by atoms with van der Waals surface area (Å²) in [6, 6.07) is 16.4. The highest BCUT2D eigenvalue weighted by molar-refractivity contribution is 7.93. The molecule has 0 saturated carbocycles. The Hall–Kier alpha value is -4.47. The number of aryl methyl sites for hydroxylation is 2. The Morgan fingerprint density at radius 3 is 1.94 bits per heavy atom. The summed E-state index contributed by atoms with van der Waals surface area (Å²) in [6.45, 7) is 2.91. The summed E-state index contributed by atoms with van der Waals surface area (Å²) in [4.78, 5) is 12.8. The van der Waals surface area contributed by atoms with Crippen LogP contribution in [0, 0.1) is 13.8 Å². The predicted octanol–water partition coefficient (Wildman–Crippen LogP) is 6.63. The number of halogens is 4. The van der Waals surface area contributed by atoms with E-state index in [4.69, 9.17) is 21.1 Å². The van der Waals surface area contributed by atoms with Crippen LogP contribution in [-0.2, 0) is 31.0 Å². The van der Waals surface area contributed by atoms with Crippen LogP contribution in [-0.4, -0.2) is 43.5 Å². The Labute approximate surface area is 275 Å². The summed E-state index contributed by atoms with van der Waals surface area (Å²) in [7, 11) is -5.91. The molecule has 0 radical (unpaired) electrons. The van der Waals surface area contributed by atoms with E-state index in [1.165, 1.54) is 44.6 Å². The van der Waals surface area contributed by atoms with Gasteiger partial charge in [0.05, 0.1) is 40.3 Å². The zero-order valence-corrected chi connectivity index (χ0v) is 27.7. The number of carbonyl (C=O) groups excluding carboxylic acids is 1. The van der Waals surface area contributed by atoms with Crippen LogP contribution in [0.25, 0.3) is 0 Å². The smallest absolute Gasteiger partial charge is 0.417 e. The summed E-state index contributed by atoms with van der Waals surface area (Å²) in [5.41, 5.74) is 0.305. The number of methoxy groups -OCH3 is 2. The lowest BCUT2D eigenvalue weighted by Gasteiger charge is -2.25. The standard InChI is InChI=1S/C31H29ClF3N3O7S2/c1-19-13-20(2)15-23(14-19)38(47(42,43)25-10-12-28(44-3)29(17-25)45-4)18-30(39)36-21-5-8-24(9-6-21)46(40,41)37-22-7-11-27(32)26(16-22)31(33,34)35/h5-17,37H,18H2,1-4H3,(H,36,39). The zero-order valence-electron chi connectivity index (χ0n) is 25.3. The lowest BCUT2D eigenvalue weighted by Crippen LogP contribution is -2.38. The minimum atomic E-state index is -4.80. The molecule has 4 aromatic carbocycles. The third-order valence-corrected chi connectivity index (χ3v) is 10.2. The van der Waals surface area contributed by atoms with Crippen LogP contribution in [0.2, 0.25) is 5.02 Å². The van der Waals surface area contributed by atoms with Gasteiger partial charge in [0.2, 0.25) is 5.91 Å². The van der Waals surface area contributed by atoms with E-state index < -0.39 is 49.3 Å². The number of ether oxygens (including phenoxy) is 2. The molecule has 1 amide bonds. The first-order valence-electron chi connectivity index (χ1n) is 13.6. The topological polar surface area (TPSA) is 131 Å². The zero-order chi connectivity index (χ0) is 34.7. The lowest BCUT2D eigenvalue weighted by molar-refractivity contribution is -0.137. The van der Waals surface area contributed by atoms with Crippen LogP contribution in [0.1, 0.15) is 16.7 Å². The van der Waals surface area contributed by atoms with Crippen LogP contribution in [0.15, 0.2) is 88.7 Å². The van der Waals surface area contributed by atoms with E-state index in [0.717, 1.165) is 39.7 Å². The maximum Gasteiger partial charge on any atom is 0.417 e. The number of nitrogens with zero attached hydrogens (tertiary/aromatic N) is 1.